The van der Waals surface area contributed by atoms with Crippen molar-refractivity contribution in [3.63, 3.8) is 0 Å². The van der Waals surface area contributed by atoms with E-state index in [1.807, 2.05) is 25.1 Å². The van der Waals surface area contributed by atoms with Crippen LogP contribution >= 0.6 is 11.6 Å². The third-order valence-corrected chi connectivity index (χ3v) is 2.85. The molecule has 98 valence electrons. The van der Waals surface area contributed by atoms with Gasteiger partial charge in [-0.1, -0.05) is 17.7 Å². The zero-order valence-corrected chi connectivity index (χ0v) is 10.9. The highest BCUT2D eigenvalue weighted by Crippen LogP contribution is 2.20. The van der Waals surface area contributed by atoms with Gasteiger partial charge in [0.15, 0.2) is 5.69 Å². The minimum atomic E-state index is -1.15. The van der Waals surface area contributed by atoms with Crippen LogP contribution in [0.2, 0.25) is 5.02 Å². The number of carboxylic acid groups (broad SMARTS) is 1. The summed E-state index contributed by atoms with van der Waals surface area (Å²) in [6, 6.07) is 8.65. The minimum absolute atomic E-state index is 0.0866. The normalized spacial score (nSPS) is 11.9. The average molecular weight is 278 g/mol. The van der Waals surface area contributed by atoms with E-state index >= 15 is 0 Å². The molecule has 2 aromatic heterocycles. The Bertz CT molecular complexity index is 590. The topological polar surface area (TPSA) is 75.1 Å². The molecule has 0 spiro atoms. The van der Waals surface area contributed by atoms with Crippen molar-refractivity contribution in [2.24, 2.45) is 0 Å². The van der Waals surface area contributed by atoms with Crippen LogP contribution in [0.3, 0.4) is 0 Å². The molecule has 0 fully saturated rings. The minimum Gasteiger partial charge on any atom is -0.476 e. The molecular formula is C13H12ClN3O2. The largest absolute Gasteiger partial charge is 0.476 e. The first-order valence-corrected chi connectivity index (χ1v) is 6.03. The second-order valence-electron chi connectivity index (χ2n) is 3.95. The molecule has 2 rings (SSSR count). The van der Waals surface area contributed by atoms with Crippen molar-refractivity contribution in [3.05, 3.63) is 52.9 Å². The molecule has 0 aromatic carbocycles. The standard InChI is InChI=1S/C13H12ClN3O2/c1-8(10-4-2-3-7-15-10)16-11-6-5-9(14)12(17-11)13(18)19/h2-8H,1H3,(H,16,17)(H,18,19). The molecule has 2 N–H and O–H groups in total. The van der Waals surface area contributed by atoms with E-state index in [1.165, 1.54) is 6.07 Å². The first kappa shape index (κ1) is 13.3. The van der Waals surface area contributed by atoms with Crippen LogP contribution in [0.5, 0.6) is 0 Å². The number of halogens is 1. The molecule has 0 aliphatic carbocycles. The number of pyridine rings is 2. The number of nitrogens with one attached hydrogen (secondary N) is 1. The van der Waals surface area contributed by atoms with Crippen molar-refractivity contribution in [2.45, 2.75) is 13.0 Å². The number of hydrogen-bond donors (Lipinski definition) is 2. The molecule has 5 nitrogen and oxygen atoms in total. The molecule has 6 heteroatoms. The summed E-state index contributed by atoms with van der Waals surface area (Å²) in [5.41, 5.74) is 0.677. The Balaban J connectivity index is 2.20. The molecule has 0 amide bonds. The van der Waals surface area contributed by atoms with Gasteiger partial charge >= 0.3 is 5.97 Å². The van der Waals surface area contributed by atoms with Gasteiger partial charge in [-0.2, -0.15) is 0 Å². The number of hydrogen-bond acceptors (Lipinski definition) is 4. The summed E-state index contributed by atoms with van der Waals surface area (Å²) < 4.78 is 0. The van der Waals surface area contributed by atoms with Crippen LogP contribution in [-0.2, 0) is 0 Å². The number of aromatic carboxylic acids is 1. The molecule has 0 radical (unpaired) electrons. The Morgan fingerprint density at radius 2 is 2.16 bits per heavy atom. The maximum absolute atomic E-state index is 10.9. The van der Waals surface area contributed by atoms with Gasteiger partial charge in [0.2, 0.25) is 0 Å². The van der Waals surface area contributed by atoms with Gasteiger partial charge in [0.25, 0.3) is 0 Å². The van der Waals surface area contributed by atoms with E-state index in [-0.39, 0.29) is 16.8 Å². The Morgan fingerprint density at radius 3 is 2.79 bits per heavy atom. The number of carbonyl (C=O) groups is 1. The van der Waals surface area contributed by atoms with Crippen molar-refractivity contribution in [2.75, 3.05) is 5.32 Å². The zero-order valence-electron chi connectivity index (χ0n) is 10.2. The Labute approximate surface area is 115 Å². The highest BCUT2D eigenvalue weighted by atomic mass is 35.5. The summed E-state index contributed by atoms with van der Waals surface area (Å²) in [4.78, 5) is 19.1. The summed E-state index contributed by atoms with van der Waals surface area (Å²) in [6.45, 7) is 1.92. The van der Waals surface area contributed by atoms with Gasteiger partial charge in [-0.3, -0.25) is 4.98 Å². The maximum Gasteiger partial charge on any atom is 0.356 e. The van der Waals surface area contributed by atoms with Gasteiger partial charge in [-0.15, -0.1) is 0 Å². The van der Waals surface area contributed by atoms with E-state index in [1.54, 1.807) is 12.3 Å². The fraction of sp³-hybridized carbons (Fsp3) is 0.154. The molecule has 2 aromatic rings. The number of aromatic nitrogens is 2. The Kier molecular flexibility index (Phi) is 3.97. The van der Waals surface area contributed by atoms with Crippen LogP contribution in [0, 0.1) is 0 Å². The first-order valence-electron chi connectivity index (χ1n) is 5.65. The molecule has 0 saturated heterocycles. The molecule has 0 aliphatic heterocycles. The average Bonchev–Trinajstić information content (AvgIpc) is 2.41. The number of rotatable bonds is 4. The fourth-order valence-electron chi connectivity index (χ4n) is 1.60. The molecular weight excluding hydrogens is 266 g/mol. The predicted molar refractivity (Wildman–Crippen MR) is 72.5 cm³/mol. The summed E-state index contributed by atoms with van der Waals surface area (Å²) in [7, 11) is 0. The monoisotopic (exact) mass is 277 g/mol. The van der Waals surface area contributed by atoms with E-state index in [0.717, 1.165) is 5.69 Å². The predicted octanol–water partition coefficient (Wildman–Crippen LogP) is 3.00. The Hall–Kier alpha value is -2.14. The van der Waals surface area contributed by atoms with Gasteiger partial charge in [-0.05, 0) is 31.2 Å². The smallest absolute Gasteiger partial charge is 0.356 e. The summed E-state index contributed by atoms with van der Waals surface area (Å²) >= 11 is 5.76. The van der Waals surface area contributed by atoms with E-state index in [9.17, 15) is 4.79 Å². The van der Waals surface area contributed by atoms with Crippen molar-refractivity contribution in [1.82, 2.24) is 9.97 Å². The van der Waals surface area contributed by atoms with Crippen LogP contribution < -0.4 is 5.32 Å². The second kappa shape index (κ2) is 5.67. The van der Waals surface area contributed by atoms with Gasteiger partial charge < -0.3 is 10.4 Å². The van der Waals surface area contributed by atoms with Gasteiger partial charge in [0.1, 0.15) is 5.82 Å². The van der Waals surface area contributed by atoms with E-state index < -0.39 is 5.97 Å². The molecule has 0 aliphatic rings. The zero-order chi connectivity index (χ0) is 13.8. The van der Waals surface area contributed by atoms with Gasteiger partial charge in [0, 0.05) is 6.20 Å². The third kappa shape index (κ3) is 3.20. The van der Waals surface area contributed by atoms with Crippen molar-refractivity contribution >= 4 is 23.4 Å². The number of carboxylic acids is 1. The Morgan fingerprint density at radius 1 is 1.37 bits per heavy atom. The lowest BCUT2D eigenvalue weighted by atomic mass is 10.2. The molecule has 0 bridgehead atoms. The quantitative estimate of drug-likeness (QED) is 0.898. The van der Waals surface area contributed by atoms with Crippen molar-refractivity contribution in [3.8, 4) is 0 Å². The molecule has 2 heterocycles. The van der Waals surface area contributed by atoms with E-state index in [4.69, 9.17) is 16.7 Å². The number of nitrogens with zero attached hydrogens (tertiary/aromatic N) is 2. The van der Waals surface area contributed by atoms with Crippen LogP contribution in [0.25, 0.3) is 0 Å². The summed E-state index contributed by atoms with van der Waals surface area (Å²) in [5.74, 6) is -0.709. The van der Waals surface area contributed by atoms with Crippen LogP contribution in [0.1, 0.15) is 29.1 Å². The summed E-state index contributed by atoms with van der Waals surface area (Å²) in [5, 5.41) is 12.2. The summed E-state index contributed by atoms with van der Waals surface area (Å²) in [6.07, 6.45) is 1.70. The SMILES string of the molecule is CC(Nc1ccc(Cl)c(C(=O)O)n1)c1ccccn1. The van der Waals surface area contributed by atoms with Crippen molar-refractivity contribution in [1.29, 1.82) is 0 Å². The molecule has 0 saturated carbocycles. The van der Waals surface area contributed by atoms with Crippen molar-refractivity contribution < 1.29 is 9.90 Å². The van der Waals surface area contributed by atoms with Gasteiger partial charge in [0.05, 0.1) is 16.8 Å². The first-order chi connectivity index (χ1) is 9.08. The maximum atomic E-state index is 10.9. The molecule has 19 heavy (non-hydrogen) atoms. The fourth-order valence-corrected chi connectivity index (χ4v) is 1.79. The van der Waals surface area contributed by atoms with Crippen LogP contribution in [0.15, 0.2) is 36.5 Å². The van der Waals surface area contributed by atoms with E-state index in [0.29, 0.717) is 5.82 Å². The number of anilines is 1. The lowest BCUT2D eigenvalue weighted by Gasteiger charge is -2.14. The third-order valence-electron chi connectivity index (χ3n) is 2.54. The van der Waals surface area contributed by atoms with E-state index in [2.05, 4.69) is 15.3 Å². The van der Waals surface area contributed by atoms with Crippen LogP contribution in [0.4, 0.5) is 5.82 Å². The van der Waals surface area contributed by atoms with Gasteiger partial charge in [-0.25, -0.2) is 9.78 Å². The lowest BCUT2D eigenvalue weighted by Crippen LogP contribution is -2.11. The molecule has 1 unspecified atom stereocenters. The highest BCUT2D eigenvalue weighted by molar-refractivity contribution is 6.33. The highest BCUT2D eigenvalue weighted by Gasteiger charge is 2.13. The molecule has 1 atom stereocenters. The second-order valence-corrected chi connectivity index (χ2v) is 4.36. The van der Waals surface area contributed by atoms with Crippen LogP contribution in [-0.4, -0.2) is 21.0 Å². The lowest BCUT2D eigenvalue weighted by molar-refractivity contribution is 0.0691.